The molecule has 7 nitrogen and oxygen atoms in total. The van der Waals surface area contributed by atoms with Crippen LogP contribution in [0, 0.1) is 11.3 Å². The summed E-state index contributed by atoms with van der Waals surface area (Å²) in [5.74, 6) is 0.883. The minimum absolute atomic E-state index is 0.0785. The Bertz CT molecular complexity index is 984. The molecule has 1 atom stereocenters. The molecule has 2 aromatic heterocycles. The maximum atomic E-state index is 9.35. The maximum Gasteiger partial charge on any atom is 0.234 e. The predicted molar refractivity (Wildman–Crippen MR) is 123 cm³/mol. The van der Waals surface area contributed by atoms with E-state index in [0.29, 0.717) is 35.6 Å². The number of hydrogen-bond acceptors (Lipinski definition) is 9. The molecule has 1 aliphatic heterocycles. The summed E-state index contributed by atoms with van der Waals surface area (Å²) in [4.78, 5) is 10.2. The van der Waals surface area contributed by atoms with Gasteiger partial charge in [-0.2, -0.15) is 10.2 Å². The van der Waals surface area contributed by atoms with E-state index in [1.54, 1.807) is 12.1 Å². The third-order valence-electron chi connectivity index (χ3n) is 4.20. The molecule has 1 aliphatic rings. The molecule has 1 saturated heterocycles. The van der Waals surface area contributed by atoms with Crippen LogP contribution < -0.4 is 15.8 Å². The third-order valence-corrected chi connectivity index (χ3v) is 6.18. The molecular formula is C21H25N5O2S2. The average Bonchev–Trinajstić information content (AvgIpc) is 3.39. The normalized spacial score (nSPS) is 16.2. The molecule has 3 N–H and O–H groups in total. The van der Waals surface area contributed by atoms with E-state index >= 15 is 0 Å². The molecule has 158 valence electrons. The molecule has 0 bridgehead atoms. The Labute approximate surface area is 185 Å². The number of nitrogens with one attached hydrogen (secondary N) is 1. The first-order chi connectivity index (χ1) is 14.5. The lowest BCUT2D eigenvalue weighted by atomic mass is 10.2. The maximum absolute atomic E-state index is 9.35. The Kier molecular flexibility index (Phi) is 7.74. The minimum Gasteiger partial charge on any atom is -0.471 e. The van der Waals surface area contributed by atoms with E-state index in [1.807, 2.05) is 25.3 Å². The smallest absolute Gasteiger partial charge is 0.234 e. The molecule has 0 spiro atoms. The van der Waals surface area contributed by atoms with Gasteiger partial charge in [-0.1, -0.05) is 30.3 Å². The van der Waals surface area contributed by atoms with Gasteiger partial charge in [-0.25, -0.2) is 4.98 Å². The van der Waals surface area contributed by atoms with Crippen molar-refractivity contribution in [3.8, 4) is 11.9 Å². The van der Waals surface area contributed by atoms with Crippen LogP contribution in [0.15, 0.2) is 34.2 Å². The summed E-state index contributed by atoms with van der Waals surface area (Å²) in [5.41, 5.74) is 8.51. The summed E-state index contributed by atoms with van der Waals surface area (Å²) in [5, 5.41) is 16.0. The molecule has 9 heteroatoms. The van der Waals surface area contributed by atoms with Crippen molar-refractivity contribution in [1.29, 1.82) is 5.26 Å². The zero-order chi connectivity index (χ0) is 21.5. The van der Waals surface area contributed by atoms with Gasteiger partial charge in [0, 0.05) is 16.7 Å². The number of aromatic nitrogens is 2. The van der Waals surface area contributed by atoms with Crippen molar-refractivity contribution in [1.82, 2.24) is 9.97 Å². The van der Waals surface area contributed by atoms with Gasteiger partial charge >= 0.3 is 0 Å². The van der Waals surface area contributed by atoms with E-state index < -0.39 is 0 Å². The number of nitrogens with two attached hydrogens (primary N) is 1. The van der Waals surface area contributed by atoms with Crippen LogP contribution in [0.4, 0.5) is 10.9 Å². The number of pyridine rings is 1. The summed E-state index contributed by atoms with van der Waals surface area (Å²) in [6, 6.07) is 5.57. The van der Waals surface area contributed by atoms with Crippen molar-refractivity contribution in [3.05, 3.63) is 45.4 Å². The van der Waals surface area contributed by atoms with Crippen molar-refractivity contribution in [2.24, 2.45) is 5.73 Å². The summed E-state index contributed by atoms with van der Waals surface area (Å²) < 4.78 is 11.2. The first kappa shape index (κ1) is 22.2. The van der Waals surface area contributed by atoms with Crippen LogP contribution in [0.1, 0.15) is 44.9 Å². The van der Waals surface area contributed by atoms with Gasteiger partial charge in [0.25, 0.3) is 0 Å². The van der Waals surface area contributed by atoms with E-state index in [0.717, 1.165) is 34.0 Å². The largest absolute Gasteiger partial charge is 0.471 e. The van der Waals surface area contributed by atoms with Crippen LogP contribution in [0.2, 0.25) is 0 Å². The number of ether oxygens (including phenoxy) is 2. The Morgan fingerprint density at radius 2 is 2.30 bits per heavy atom. The number of hydrogen-bond donors (Lipinski definition) is 2. The lowest BCUT2D eigenvalue weighted by Crippen LogP contribution is -2.17. The van der Waals surface area contributed by atoms with Crippen molar-refractivity contribution in [3.63, 3.8) is 0 Å². The molecule has 0 aromatic carbocycles. The first-order valence-corrected chi connectivity index (χ1v) is 11.4. The standard InChI is InChI=1S/C21H25N5O2S2/c1-4-5-17(23)30-19(13(2)3)16-12-29-21(24-16)26-18-7-6-14(10-22)20(25-18)28-15-8-9-27-11-15/h5-7,12,15H,4,8-9,11,23H2,1-3H3,(H,24,25,26)/b17-5+. The monoisotopic (exact) mass is 443 g/mol. The number of allylic oxidation sites excluding steroid dienone is 2. The van der Waals surface area contributed by atoms with Gasteiger partial charge in [0.2, 0.25) is 5.88 Å². The molecule has 2 aromatic rings. The quantitative estimate of drug-likeness (QED) is 0.586. The fraction of sp³-hybridized carbons (Fsp3) is 0.381. The fourth-order valence-corrected chi connectivity index (χ4v) is 4.45. The summed E-state index contributed by atoms with van der Waals surface area (Å²) >= 11 is 3.01. The summed E-state index contributed by atoms with van der Waals surface area (Å²) in [6.45, 7) is 7.33. The molecule has 30 heavy (non-hydrogen) atoms. The fourth-order valence-electron chi connectivity index (χ4n) is 2.76. The van der Waals surface area contributed by atoms with Crippen LogP contribution in [0.3, 0.4) is 0 Å². The van der Waals surface area contributed by atoms with E-state index in [9.17, 15) is 5.26 Å². The highest BCUT2D eigenvalue weighted by Gasteiger charge is 2.20. The number of anilines is 2. The Hall–Kier alpha value is -2.54. The van der Waals surface area contributed by atoms with Gasteiger partial charge in [0.15, 0.2) is 5.13 Å². The van der Waals surface area contributed by atoms with E-state index in [4.69, 9.17) is 20.2 Å². The highest BCUT2D eigenvalue weighted by atomic mass is 32.2. The number of thiazole rings is 1. The Morgan fingerprint density at radius 1 is 1.47 bits per heavy atom. The second kappa shape index (κ2) is 10.5. The van der Waals surface area contributed by atoms with Crippen LogP contribution in [-0.2, 0) is 4.74 Å². The van der Waals surface area contributed by atoms with Crippen LogP contribution >= 0.6 is 23.1 Å². The van der Waals surface area contributed by atoms with E-state index in [-0.39, 0.29) is 6.10 Å². The second-order valence-electron chi connectivity index (χ2n) is 6.87. The lowest BCUT2D eigenvalue weighted by Gasteiger charge is -2.13. The molecule has 3 heterocycles. The van der Waals surface area contributed by atoms with Gasteiger partial charge in [-0.05, 0) is 32.4 Å². The SMILES string of the molecule is CC/C=C(\N)SC(=C(C)C)c1csc(Nc2ccc(C#N)c(OC3CCOC3)n2)n1. The second-order valence-corrected chi connectivity index (χ2v) is 8.82. The van der Waals surface area contributed by atoms with Gasteiger partial charge in [-0.15, -0.1) is 11.3 Å². The van der Waals surface area contributed by atoms with Crippen LogP contribution in [0.5, 0.6) is 5.88 Å². The van der Waals surface area contributed by atoms with E-state index in [1.165, 1.54) is 23.1 Å². The van der Waals surface area contributed by atoms with Crippen LogP contribution in [0.25, 0.3) is 4.91 Å². The summed E-state index contributed by atoms with van der Waals surface area (Å²) in [7, 11) is 0. The zero-order valence-corrected chi connectivity index (χ0v) is 18.9. The number of rotatable bonds is 8. The van der Waals surface area contributed by atoms with Crippen LogP contribution in [-0.4, -0.2) is 29.3 Å². The van der Waals surface area contributed by atoms with Gasteiger partial charge < -0.3 is 20.5 Å². The molecule has 0 amide bonds. The van der Waals surface area contributed by atoms with E-state index in [2.05, 4.69) is 23.3 Å². The number of nitrogens with zero attached hydrogens (tertiary/aromatic N) is 3. The van der Waals surface area contributed by atoms with Gasteiger partial charge in [0.1, 0.15) is 23.6 Å². The van der Waals surface area contributed by atoms with Crippen molar-refractivity contribution in [2.45, 2.75) is 39.7 Å². The minimum atomic E-state index is -0.0785. The first-order valence-electron chi connectivity index (χ1n) is 9.69. The highest BCUT2D eigenvalue weighted by Crippen LogP contribution is 2.36. The van der Waals surface area contributed by atoms with Crippen molar-refractivity contribution < 1.29 is 9.47 Å². The Balaban J connectivity index is 1.77. The van der Waals surface area contributed by atoms with Gasteiger partial charge in [-0.3, -0.25) is 0 Å². The number of nitriles is 1. The highest BCUT2D eigenvalue weighted by molar-refractivity contribution is 8.11. The molecule has 0 radical (unpaired) electrons. The molecular weight excluding hydrogens is 418 g/mol. The predicted octanol–water partition coefficient (Wildman–Crippen LogP) is 5.02. The topological polar surface area (TPSA) is 106 Å². The van der Waals surface area contributed by atoms with Crippen molar-refractivity contribution in [2.75, 3.05) is 18.5 Å². The lowest BCUT2D eigenvalue weighted by molar-refractivity contribution is 0.138. The molecule has 1 unspecified atom stereocenters. The zero-order valence-electron chi connectivity index (χ0n) is 17.3. The molecule has 3 rings (SSSR count). The average molecular weight is 444 g/mol. The van der Waals surface area contributed by atoms with Crippen molar-refractivity contribution >= 4 is 39.0 Å². The van der Waals surface area contributed by atoms with Gasteiger partial charge in [0.05, 0.1) is 23.9 Å². The third kappa shape index (κ3) is 5.75. The summed E-state index contributed by atoms with van der Waals surface area (Å²) in [6.07, 6.45) is 3.60. The molecule has 1 fully saturated rings. The Morgan fingerprint density at radius 3 is 2.97 bits per heavy atom. The molecule has 0 saturated carbocycles. The molecule has 0 aliphatic carbocycles. The number of thioether (sulfide) groups is 1.